The van der Waals surface area contributed by atoms with Crippen molar-refractivity contribution in [1.82, 2.24) is 19.7 Å². The van der Waals surface area contributed by atoms with E-state index in [9.17, 15) is 20.1 Å². The molecule has 0 aliphatic carbocycles. The quantitative estimate of drug-likeness (QED) is 0.431. The minimum absolute atomic E-state index is 0.0463. The Labute approximate surface area is 195 Å². The molecule has 12 heteroatoms. The number of aromatic nitrogens is 3. The fourth-order valence-corrected chi connectivity index (χ4v) is 4.27. The summed E-state index contributed by atoms with van der Waals surface area (Å²) in [5, 5.41) is 38.0. The summed E-state index contributed by atoms with van der Waals surface area (Å²) in [4.78, 5) is 11.7. The zero-order valence-corrected chi connectivity index (χ0v) is 19.5. The van der Waals surface area contributed by atoms with Crippen LogP contribution in [0.1, 0.15) is 38.9 Å². The molecule has 1 saturated heterocycles. The van der Waals surface area contributed by atoms with Crippen molar-refractivity contribution in [2.24, 2.45) is 0 Å². The molecule has 1 amide bonds. The van der Waals surface area contributed by atoms with Crippen LogP contribution in [0.25, 0.3) is 0 Å². The van der Waals surface area contributed by atoms with Gasteiger partial charge in [0.25, 0.3) is 0 Å². The van der Waals surface area contributed by atoms with Gasteiger partial charge in [0.1, 0.15) is 36.7 Å². The van der Waals surface area contributed by atoms with Crippen LogP contribution < -0.4 is 10.1 Å². The van der Waals surface area contributed by atoms with Gasteiger partial charge in [0.05, 0.1) is 11.6 Å². The molecule has 0 spiro atoms. The van der Waals surface area contributed by atoms with Gasteiger partial charge < -0.3 is 30.1 Å². The lowest BCUT2D eigenvalue weighted by molar-refractivity contribution is -0.219. The summed E-state index contributed by atoms with van der Waals surface area (Å²) in [7, 11) is 0. The maximum absolute atomic E-state index is 11.7. The van der Waals surface area contributed by atoms with Crippen molar-refractivity contribution >= 4 is 29.7 Å². The largest absolute Gasteiger partial charge is 0.484 e. The maximum Gasteiger partial charge on any atom is 0.217 e. The van der Waals surface area contributed by atoms with E-state index < -0.39 is 43.1 Å². The van der Waals surface area contributed by atoms with Gasteiger partial charge in [-0.25, -0.2) is 4.68 Å². The van der Waals surface area contributed by atoms with Crippen molar-refractivity contribution in [3.05, 3.63) is 39.9 Å². The average Bonchev–Trinajstić information content (AvgIpc) is 3.07. The number of nitrogens with zero attached hydrogens (tertiary/aromatic N) is 3. The Kier molecular flexibility index (Phi) is 7.91. The first-order chi connectivity index (χ1) is 15.1. The second-order valence-electron chi connectivity index (χ2n) is 7.78. The van der Waals surface area contributed by atoms with E-state index in [4.69, 9.17) is 33.3 Å². The van der Waals surface area contributed by atoms with Crippen LogP contribution in [0.15, 0.2) is 24.3 Å². The second kappa shape index (κ2) is 10.3. The van der Waals surface area contributed by atoms with Crippen molar-refractivity contribution in [2.45, 2.75) is 64.0 Å². The molecule has 1 aromatic carbocycles. The second-order valence-corrected chi connectivity index (χ2v) is 8.55. The van der Waals surface area contributed by atoms with Crippen LogP contribution >= 0.6 is 23.8 Å². The highest BCUT2D eigenvalue weighted by atomic mass is 35.5. The third-order valence-corrected chi connectivity index (χ3v) is 5.82. The first-order valence-corrected chi connectivity index (χ1v) is 10.9. The van der Waals surface area contributed by atoms with E-state index in [2.05, 4.69) is 10.4 Å². The molecular formula is C20H27ClN4O6S. The van der Waals surface area contributed by atoms with Gasteiger partial charge in [-0.3, -0.25) is 9.36 Å². The van der Waals surface area contributed by atoms with Gasteiger partial charge in [0, 0.05) is 13.0 Å². The number of carbonyl (C=O) groups is 1. The van der Waals surface area contributed by atoms with E-state index in [0.717, 1.165) is 0 Å². The number of rotatable bonds is 7. The van der Waals surface area contributed by atoms with Crippen LogP contribution in [0.5, 0.6) is 5.75 Å². The molecule has 0 radical (unpaired) electrons. The number of aliphatic hydroxyl groups excluding tert-OH is 3. The molecule has 2 heterocycles. The monoisotopic (exact) mass is 486 g/mol. The van der Waals surface area contributed by atoms with Crippen molar-refractivity contribution in [3.63, 3.8) is 0 Å². The molecule has 3 rings (SSSR count). The molecule has 4 N–H and O–H groups in total. The van der Waals surface area contributed by atoms with Crippen LogP contribution in [0.3, 0.4) is 0 Å². The van der Waals surface area contributed by atoms with Gasteiger partial charge in [-0.15, -0.1) is 0 Å². The molecule has 176 valence electrons. The van der Waals surface area contributed by atoms with E-state index in [1.807, 2.05) is 13.8 Å². The number of aliphatic hydroxyl groups is 3. The number of halogens is 1. The van der Waals surface area contributed by atoms with Crippen LogP contribution in [-0.2, 0) is 16.1 Å². The Balaban J connectivity index is 1.99. The zero-order chi connectivity index (χ0) is 23.6. The van der Waals surface area contributed by atoms with Crippen LogP contribution in [0.2, 0.25) is 5.02 Å². The minimum Gasteiger partial charge on any atom is -0.484 e. The molecule has 1 aromatic heterocycles. The number of hydrogen-bond donors (Lipinski definition) is 4. The molecule has 0 saturated carbocycles. The molecule has 32 heavy (non-hydrogen) atoms. The third-order valence-electron chi connectivity index (χ3n) is 5.12. The van der Waals surface area contributed by atoms with Gasteiger partial charge >= 0.3 is 0 Å². The Morgan fingerprint density at radius 2 is 2.03 bits per heavy atom. The molecule has 0 unspecified atom stereocenters. The number of hydrogen-bond acceptors (Lipinski definition) is 8. The predicted molar refractivity (Wildman–Crippen MR) is 118 cm³/mol. The summed E-state index contributed by atoms with van der Waals surface area (Å²) in [6.07, 6.45) is -4.98. The number of ether oxygens (including phenoxy) is 2. The number of benzene rings is 1. The number of amides is 1. The molecule has 1 aliphatic heterocycles. The lowest BCUT2D eigenvalue weighted by atomic mass is 9.96. The molecule has 1 fully saturated rings. The first-order valence-electron chi connectivity index (χ1n) is 10.1. The zero-order valence-electron chi connectivity index (χ0n) is 17.9. The predicted octanol–water partition coefficient (Wildman–Crippen LogP) is 1.34. The molecule has 0 bridgehead atoms. The minimum atomic E-state index is -1.41. The lowest BCUT2D eigenvalue weighted by Gasteiger charge is -2.42. The number of nitrogens with one attached hydrogen (secondary N) is 1. The average molecular weight is 487 g/mol. The highest BCUT2D eigenvalue weighted by molar-refractivity contribution is 7.71. The van der Waals surface area contributed by atoms with Crippen molar-refractivity contribution in [3.8, 4) is 5.75 Å². The summed E-state index contributed by atoms with van der Waals surface area (Å²) in [5.74, 6) is 0.513. The van der Waals surface area contributed by atoms with E-state index in [1.54, 1.807) is 28.8 Å². The van der Waals surface area contributed by atoms with Crippen molar-refractivity contribution in [1.29, 1.82) is 0 Å². The van der Waals surface area contributed by atoms with Gasteiger partial charge in [0.2, 0.25) is 10.7 Å². The van der Waals surface area contributed by atoms with E-state index in [1.165, 1.54) is 11.6 Å². The van der Waals surface area contributed by atoms with Crippen LogP contribution in [0, 0.1) is 4.77 Å². The Morgan fingerprint density at radius 3 is 2.62 bits per heavy atom. The lowest BCUT2D eigenvalue weighted by Crippen LogP contribution is -2.62. The molecular weight excluding hydrogens is 460 g/mol. The number of carbonyl (C=O) groups excluding carboxylic acids is 1. The van der Waals surface area contributed by atoms with E-state index in [-0.39, 0.29) is 17.4 Å². The standard InChI is InChI=1S/C20H27ClN4O6S/c1-10(2)24-15(9-30-13-7-5-4-6-12(13)21)23-25(20(24)32)19-16(22-11(3)27)18(29)17(28)14(8-26)31-19/h4-7,10,14,16-19,26,28-29H,8-9H2,1-3H3,(H,22,27)/t14-,16-,17-,18-,19-/m1/s1. The van der Waals surface area contributed by atoms with E-state index >= 15 is 0 Å². The third kappa shape index (κ3) is 4.98. The summed E-state index contributed by atoms with van der Waals surface area (Å²) in [6.45, 7) is 4.63. The maximum atomic E-state index is 11.7. The Bertz CT molecular complexity index is 1010. The summed E-state index contributed by atoms with van der Waals surface area (Å²) < 4.78 is 15.0. The van der Waals surface area contributed by atoms with Gasteiger partial charge in [0.15, 0.2) is 12.1 Å². The molecule has 1 aliphatic rings. The Morgan fingerprint density at radius 1 is 1.34 bits per heavy atom. The Hall–Kier alpha value is -2.02. The summed E-state index contributed by atoms with van der Waals surface area (Å²) in [6, 6.07) is 5.89. The smallest absolute Gasteiger partial charge is 0.217 e. The molecule has 10 nitrogen and oxygen atoms in total. The van der Waals surface area contributed by atoms with Gasteiger partial charge in [-0.1, -0.05) is 23.7 Å². The highest BCUT2D eigenvalue weighted by Gasteiger charge is 2.46. The van der Waals surface area contributed by atoms with Gasteiger partial charge in [-0.05, 0) is 38.2 Å². The van der Waals surface area contributed by atoms with Crippen molar-refractivity contribution < 1.29 is 29.6 Å². The SMILES string of the molecule is CC(=O)N[C@@H]1[C@@H](O)[C@H](O)[C@@H](CO)O[C@H]1n1nc(COc2ccccc2Cl)n(C(C)C)c1=S. The summed E-state index contributed by atoms with van der Waals surface area (Å²) >= 11 is 11.8. The van der Waals surface area contributed by atoms with E-state index in [0.29, 0.717) is 16.6 Å². The van der Waals surface area contributed by atoms with Gasteiger partial charge in [-0.2, -0.15) is 5.10 Å². The topological polar surface area (TPSA) is 131 Å². The highest BCUT2D eigenvalue weighted by Crippen LogP contribution is 2.30. The normalized spacial score (nSPS) is 25.7. The fraction of sp³-hybridized carbons (Fsp3) is 0.550. The molecule has 2 aromatic rings. The first kappa shape index (κ1) is 24.6. The fourth-order valence-electron chi connectivity index (χ4n) is 3.62. The van der Waals surface area contributed by atoms with Crippen molar-refractivity contribution in [2.75, 3.05) is 6.61 Å². The van der Waals surface area contributed by atoms with Crippen LogP contribution in [0.4, 0.5) is 0 Å². The van der Waals surface area contributed by atoms with Crippen LogP contribution in [-0.4, -0.2) is 66.5 Å². The molecule has 5 atom stereocenters. The summed E-state index contributed by atoms with van der Waals surface area (Å²) in [5.41, 5.74) is 0. The number of para-hydroxylation sites is 1.